The molecule has 8 nitrogen and oxygen atoms in total. The zero-order valence-electron chi connectivity index (χ0n) is 20.2. The molecule has 0 spiro atoms. The Morgan fingerprint density at radius 2 is 1.86 bits per heavy atom. The van der Waals surface area contributed by atoms with Gasteiger partial charge in [0.05, 0.1) is 41.7 Å². The number of nitrogens with zero attached hydrogens (tertiary/aromatic N) is 2. The molecule has 1 unspecified atom stereocenters. The van der Waals surface area contributed by atoms with Crippen molar-refractivity contribution in [1.29, 1.82) is 0 Å². The number of rotatable bonds is 7. The second-order valence-electron chi connectivity index (χ2n) is 10.0. The van der Waals surface area contributed by atoms with Crippen LogP contribution in [-0.2, 0) is 26.8 Å². The summed E-state index contributed by atoms with van der Waals surface area (Å²) in [6, 6.07) is 5.39. The topological polar surface area (TPSA) is 110 Å². The predicted molar refractivity (Wildman–Crippen MR) is 124 cm³/mol. The summed E-state index contributed by atoms with van der Waals surface area (Å²) in [4.78, 5) is 25.6. The fourth-order valence-electron chi connectivity index (χ4n) is 3.68. The molecule has 3 rings (SSSR count). The average Bonchev–Trinajstić information content (AvgIpc) is 3.14. The molecule has 0 aliphatic heterocycles. The van der Waals surface area contributed by atoms with Crippen molar-refractivity contribution in [3.05, 3.63) is 47.0 Å². The van der Waals surface area contributed by atoms with Gasteiger partial charge in [-0.2, -0.15) is 5.10 Å². The van der Waals surface area contributed by atoms with Crippen molar-refractivity contribution in [1.82, 2.24) is 15.1 Å². The lowest BCUT2D eigenvalue weighted by molar-refractivity contribution is -0.122. The van der Waals surface area contributed by atoms with Crippen molar-refractivity contribution >= 4 is 27.5 Å². The zero-order valence-corrected chi connectivity index (χ0v) is 21.0. The lowest BCUT2D eigenvalue weighted by Crippen LogP contribution is -2.43. The molecule has 1 heterocycles. The van der Waals surface area contributed by atoms with Crippen molar-refractivity contribution in [2.75, 3.05) is 11.0 Å². The highest BCUT2D eigenvalue weighted by Crippen LogP contribution is 2.43. The maximum atomic E-state index is 14.3. The van der Waals surface area contributed by atoms with Crippen molar-refractivity contribution in [3.63, 3.8) is 0 Å². The van der Waals surface area contributed by atoms with Crippen LogP contribution in [0.5, 0.6) is 0 Å². The van der Waals surface area contributed by atoms with E-state index in [-0.39, 0.29) is 12.2 Å². The molecule has 1 aliphatic rings. The number of aromatic nitrogens is 2. The van der Waals surface area contributed by atoms with Gasteiger partial charge in [0.15, 0.2) is 0 Å². The Labute approximate surface area is 202 Å². The second-order valence-corrected chi connectivity index (χ2v) is 11.8. The number of nitrogens with one attached hydrogen (secondary N) is 2. The summed E-state index contributed by atoms with van der Waals surface area (Å²) in [6.07, 6.45) is -0.169. The van der Waals surface area contributed by atoms with Gasteiger partial charge in [-0.25, -0.2) is 26.3 Å². The van der Waals surface area contributed by atoms with Crippen LogP contribution in [0.2, 0.25) is 0 Å². The smallest absolute Gasteiger partial charge is 0.250 e. The van der Waals surface area contributed by atoms with Crippen LogP contribution in [0.15, 0.2) is 24.3 Å². The molecule has 2 aromatic rings. The molecule has 35 heavy (non-hydrogen) atoms. The number of alkyl halides is 2. The number of benzene rings is 1. The van der Waals surface area contributed by atoms with Gasteiger partial charge in [0.2, 0.25) is 21.9 Å². The average molecular weight is 515 g/mol. The van der Waals surface area contributed by atoms with E-state index in [1.807, 2.05) is 20.8 Å². The molecule has 1 saturated carbocycles. The molecule has 1 aromatic carbocycles. The van der Waals surface area contributed by atoms with E-state index in [2.05, 4.69) is 15.1 Å². The van der Waals surface area contributed by atoms with Crippen LogP contribution in [0.25, 0.3) is 0 Å². The molecular weight excluding hydrogens is 485 g/mol. The van der Waals surface area contributed by atoms with Gasteiger partial charge >= 0.3 is 0 Å². The molecule has 1 fully saturated rings. The third kappa shape index (κ3) is 6.41. The Morgan fingerprint density at radius 1 is 1.23 bits per heavy atom. The Balaban J connectivity index is 1.75. The minimum absolute atomic E-state index is 0.0860. The highest BCUT2D eigenvalue weighted by Gasteiger charge is 2.49. The summed E-state index contributed by atoms with van der Waals surface area (Å²) >= 11 is 0. The Bertz CT molecular complexity index is 1240. The third-order valence-corrected chi connectivity index (χ3v) is 6.42. The first-order valence-corrected chi connectivity index (χ1v) is 12.9. The Kier molecular flexibility index (Phi) is 7.09. The van der Waals surface area contributed by atoms with Crippen molar-refractivity contribution in [2.24, 2.45) is 5.92 Å². The van der Waals surface area contributed by atoms with E-state index in [0.717, 1.165) is 17.0 Å². The first kappa shape index (κ1) is 26.7. The summed E-state index contributed by atoms with van der Waals surface area (Å²) in [7, 11) is -3.67. The van der Waals surface area contributed by atoms with Gasteiger partial charge < -0.3 is 5.32 Å². The quantitative estimate of drug-likeness (QED) is 0.584. The summed E-state index contributed by atoms with van der Waals surface area (Å²) in [6.45, 7) is 7.14. The number of carbonyl (C=O) groups is 2. The standard InChI is InChI=1S/C23H29F3N4O4S/c1-13(14-6-7-18(17(24)8-14)29-35(5,33)34)20(31)27-12-16-9-19(22(2,3)4)28-30(16)21(32)15-10-23(25,26)11-15/h6-9,13,15,29H,10-12H2,1-5H3,(H,27,31). The summed E-state index contributed by atoms with van der Waals surface area (Å²) in [5, 5.41) is 7.02. The van der Waals surface area contributed by atoms with Crippen LogP contribution in [0.4, 0.5) is 18.9 Å². The van der Waals surface area contributed by atoms with Crippen LogP contribution in [0.1, 0.15) is 68.2 Å². The first-order chi connectivity index (χ1) is 16.0. The SMILES string of the molecule is CC(C(=O)NCc1cc(C(C)(C)C)nn1C(=O)C1CC(F)(F)C1)c1ccc(NS(C)(=O)=O)c(F)c1. The zero-order chi connectivity index (χ0) is 26.3. The number of anilines is 1. The van der Waals surface area contributed by atoms with Gasteiger partial charge in [-0.05, 0) is 30.7 Å². The molecule has 0 radical (unpaired) electrons. The predicted octanol–water partition coefficient (Wildman–Crippen LogP) is 3.80. The van der Waals surface area contributed by atoms with Crippen LogP contribution < -0.4 is 10.0 Å². The minimum atomic E-state index is -3.67. The van der Waals surface area contributed by atoms with E-state index in [0.29, 0.717) is 17.0 Å². The maximum absolute atomic E-state index is 14.3. The number of carbonyl (C=O) groups excluding carboxylic acids is 2. The maximum Gasteiger partial charge on any atom is 0.250 e. The highest BCUT2D eigenvalue weighted by atomic mass is 32.2. The molecule has 1 amide bonds. The van der Waals surface area contributed by atoms with Gasteiger partial charge in [-0.1, -0.05) is 26.8 Å². The van der Waals surface area contributed by atoms with Crippen LogP contribution >= 0.6 is 0 Å². The van der Waals surface area contributed by atoms with E-state index < -0.39 is 63.7 Å². The normalized spacial score (nSPS) is 16.9. The number of hydrogen-bond donors (Lipinski definition) is 2. The molecule has 1 atom stereocenters. The number of hydrogen-bond acceptors (Lipinski definition) is 5. The fraction of sp³-hybridized carbons (Fsp3) is 0.522. The van der Waals surface area contributed by atoms with E-state index in [9.17, 15) is 31.2 Å². The number of halogens is 3. The fourth-order valence-corrected chi connectivity index (χ4v) is 4.24. The van der Waals surface area contributed by atoms with E-state index in [1.54, 1.807) is 13.0 Å². The van der Waals surface area contributed by atoms with Gasteiger partial charge in [-0.15, -0.1) is 0 Å². The lowest BCUT2D eigenvalue weighted by Gasteiger charge is -2.33. The highest BCUT2D eigenvalue weighted by molar-refractivity contribution is 7.92. The van der Waals surface area contributed by atoms with E-state index in [4.69, 9.17) is 0 Å². The Hall–Kier alpha value is -2.89. The van der Waals surface area contributed by atoms with Crippen molar-refractivity contribution < 1.29 is 31.2 Å². The van der Waals surface area contributed by atoms with Gasteiger partial charge in [0.25, 0.3) is 5.91 Å². The minimum Gasteiger partial charge on any atom is -0.350 e. The lowest BCUT2D eigenvalue weighted by atomic mass is 9.81. The molecular formula is C23H29F3N4O4S. The molecule has 12 heteroatoms. The van der Waals surface area contributed by atoms with Crippen LogP contribution in [0.3, 0.4) is 0 Å². The number of amides is 1. The van der Waals surface area contributed by atoms with E-state index >= 15 is 0 Å². The van der Waals surface area contributed by atoms with Crippen LogP contribution in [-0.4, -0.2) is 42.2 Å². The van der Waals surface area contributed by atoms with Crippen LogP contribution in [0, 0.1) is 11.7 Å². The summed E-state index contributed by atoms with van der Waals surface area (Å²) < 4.78 is 66.7. The summed E-state index contributed by atoms with van der Waals surface area (Å²) in [5.41, 5.74) is 0.596. The van der Waals surface area contributed by atoms with Gasteiger partial charge in [0, 0.05) is 18.3 Å². The summed E-state index contributed by atoms with van der Waals surface area (Å²) in [5.74, 6) is -6.33. The molecule has 0 saturated heterocycles. The van der Waals surface area contributed by atoms with E-state index in [1.165, 1.54) is 12.1 Å². The molecule has 192 valence electrons. The van der Waals surface area contributed by atoms with Crippen molar-refractivity contribution in [3.8, 4) is 0 Å². The monoisotopic (exact) mass is 514 g/mol. The molecule has 0 bridgehead atoms. The Morgan fingerprint density at radius 3 is 2.37 bits per heavy atom. The molecule has 1 aliphatic carbocycles. The largest absolute Gasteiger partial charge is 0.350 e. The second kappa shape index (κ2) is 9.29. The molecule has 1 aromatic heterocycles. The third-order valence-electron chi connectivity index (χ3n) is 5.83. The first-order valence-electron chi connectivity index (χ1n) is 11.0. The van der Waals surface area contributed by atoms with Gasteiger partial charge in [0.1, 0.15) is 5.82 Å². The van der Waals surface area contributed by atoms with Crippen molar-refractivity contribution in [2.45, 2.75) is 64.3 Å². The van der Waals surface area contributed by atoms with Gasteiger partial charge in [-0.3, -0.25) is 14.3 Å². The molecule has 2 N–H and O–H groups in total. The number of sulfonamides is 1.